The first-order valence-corrected chi connectivity index (χ1v) is 7.38. The molecule has 0 heterocycles. The molecule has 116 valence electrons. The first-order valence-electron chi connectivity index (χ1n) is 7.38. The van der Waals surface area contributed by atoms with Crippen LogP contribution in [0, 0.1) is 6.92 Å². The molecule has 1 amide bonds. The largest absolute Gasteiger partial charge is 0.387 e. The topological polar surface area (TPSA) is 75.3 Å². The number of carbonyl (C=O) groups excluding carboxylic acids is 1. The maximum Gasteiger partial charge on any atom is 0.222 e. The standard InChI is InChI=1S/C18H22N2O2/c1-13-7-9-15(10-8-13)17(21)12-20-18(22)11-16(19)14-5-3-2-4-6-14/h2-10,16-17,21H,11-12,19H2,1H3,(H,20,22). The van der Waals surface area contributed by atoms with Gasteiger partial charge in [0.2, 0.25) is 5.91 Å². The molecule has 0 aliphatic rings. The van der Waals surface area contributed by atoms with Gasteiger partial charge >= 0.3 is 0 Å². The predicted octanol–water partition coefficient (Wildman–Crippen LogP) is 2.23. The van der Waals surface area contributed by atoms with Gasteiger partial charge in [-0.15, -0.1) is 0 Å². The van der Waals surface area contributed by atoms with Gasteiger partial charge in [0.05, 0.1) is 6.10 Å². The molecule has 0 aliphatic heterocycles. The van der Waals surface area contributed by atoms with Crippen LogP contribution in [0.25, 0.3) is 0 Å². The van der Waals surface area contributed by atoms with Crippen LogP contribution in [0.2, 0.25) is 0 Å². The zero-order valence-corrected chi connectivity index (χ0v) is 12.7. The molecule has 0 fully saturated rings. The normalized spacial score (nSPS) is 13.4. The van der Waals surface area contributed by atoms with E-state index in [2.05, 4.69) is 5.32 Å². The maximum atomic E-state index is 11.9. The van der Waals surface area contributed by atoms with Crippen LogP contribution < -0.4 is 11.1 Å². The van der Waals surface area contributed by atoms with Gasteiger partial charge in [0.15, 0.2) is 0 Å². The van der Waals surface area contributed by atoms with Crippen molar-refractivity contribution in [3.8, 4) is 0 Å². The fraction of sp³-hybridized carbons (Fsp3) is 0.278. The van der Waals surface area contributed by atoms with Crippen LogP contribution in [-0.4, -0.2) is 17.6 Å². The summed E-state index contributed by atoms with van der Waals surface area (Å²) in [4.78, 5) is 11.9. The van der Waals surface area contributed by atoms with Crippen LogP contribution in [0.15, 0.2) is 54.6 Å². The highest BCUT2D eigenvalue weighted by Crippen LogP contribution is 2.14. The smallest absolute Gasteiger partial charge is 0.222 e. The van der Waals surface area contributed by atoms with E-state index in [0.717, 1.165) is 16.7 Å². The van der Waals surface area contributed by atoms with Crippen molar-refractivity contribution in [2.75, 3.05) is 6.54 Å². The molecule has 0 bridgehead atoms. The molecule has 4 heteroatoms. The Balaban J connectivity index is 1.81. The van der Waals surface area contributed by atoms with E-state index in [4.69, 9.17) is 5.73 Å². The molecular weight excluding hydrogens is 276 g/mol. The number of nitrogens with one attached hydrogen (secondary N) is 1. The van der Waals surface area contributed by atoms with Gasteiger partial charge in [-0.2, -0.15) is 0 Å². The van der Waals surface area contributed by atoms with Gasteiger partial charge in [-0.05, 0) is 18.1 Å². The Morgan fingerprint density at radius 3 is 2.36 bits per heavy atom. The van der Waals surface area contributed by atoms with Crippen molar-refractivity contribution in [3.63, 3.8) is 0 Å². The van der Waals surface area contributed by atoms with E-state index in [1.807, 2.05) is 61.5 Å². The molecule has 4 N–H and O–H groups in total. The number of hydrogen-bond donors (Lipinski definition) is 3. The van der Waals surface area contributed by atoms with E-state index in [1.165, 1.54) is 0 Å². The predicted molar refractivity (Wildman–Crippen MR) is 87.1 cm³/mol. The molecule has 0 aromatic heterocycles. The third-order valence-corrected chi connectivity index (χ3v) is 3.59. The molecule has 2 aromatic carbocycles. The molecule has 0 radical (unpaired) electrons. The van der Waals surface area contributed by atoms with Gasteiger partial charge in [-0.25, -0.2) is 0 Å². The summed E-state index contributed by atoms with van der Waals surface area (Å²) in [6, 6.07) is 16.8. The number of aryl methyl sites for hydroxylation is 1. The average molecular weight is 298 g/mol. The summed E-state index contributed by atoms with van der Waals surface area (Å²) >= 11 is 0. The van der Waals surface area contributed by atoms with Crippen molar-refractivity contribution in [3.05, 3.63) is 71.3 Å². The number of amides is 1. The summed E-state index contributed by atoms with van der Waals surface area (Å²) in [7, 11) is 0. The van der Waals surface area contributed by atoms with Crippen LogP contribution in [0.3, 0.4) is 0 Å². The second-order valence-electron chi connectivity index (χ2n) is 5.45. The van der Waals surface area contributed by atoms with E-state index >= 15 is 0 Å². The summed E-state index contributed by atoms with van der Waals surface area (Å²) < 4.78 is 0. The lowest BCUT2D eigenvalue weighted by molar-refractivity contribution is -0.121. The summed E-state index contributed by atoms with van der Waals surface area (Å²) in [6.45, 7) is 2.17. The fourth-order valence-corrected chi connectivity index (χ4v) is 2.21. The zero-order chi connectivity index (χ0) is 15.9. The molecule has 0 spiro atoms. The molecule has 4 nitrogen and oxygen atoms in total. The Kier molecular flexibility index (Phi) is 5.69. The lowest BCUT2D eigenvalue weighted by Crippen LogP contribution is -2.31. The molecule has 2 rings (SSSR count). The van der Waals surface area contributed by atoms with Crippen molar-refractivity contribution in [2.45, 2.75) is 25.5 Å². The average Bonchev–Trinajstić information content (AvgIpc) is 2.54. The number of benzene rings is 2. The van der Waals surface area contributed by atoms with Crippen LogP contribution in [-0.2, 0) is 4.79 Å². The summed E-state index contributed by atoms with van der Waals surface area (Å²) in [5, 5.41) is 12.8. The quantitative estimate of drug-likeness (QED) is 0.765. The Bertz CT molecular complexity index is 596. The molecule has 0 saturated carbocycles. The molecular formula is C18H22N2O2. The van der Waals surface area contributed by atoms with Gasteiger partial charge in [0.25, 0.3) is 0 Å². The first kappa shape index (κ1) is 16.2. The molecule has 22 heavy (non-hydrogen) atoms. The molecule has 2 aromatic rings. The minimum absolute atomic E-state index is 0.164. The molecule has 2 unspecified atom stereocenters. The van der Waals surface area contributed by atoms with Gasteiger partial charge in [0, 0.05) is 19.0 Å². The van der Waals surface area contributed by atoms with Crippen LogP contribution >= 0.6 is 0 Å². The monoisotopic (exact) mass is 298 g/mol. The third kappa shape index (κ3) is 4.69. The summed E-state index contributed by atoms with van der Waals surface area (Å²) in [6.07, 6.45) is -0.512. The van der Waals surface area contributed by atoms with Crippen molar-refractivity contribution >= 4 is 5.91 Å². The number of hydrogen-bond acceptors (Lipinski definition) is 3. The summed E-state index contributed by atoms with van der Waals surface area (Å²) in [5.41, 5.74) is 8.86. The van der Waals surface area contributed by atoms with Crippen molar-refractivity contribution in [1.29, 1.82) is 0 Å². The lowest BCUT2D eigenvalue weighted by atomic mass is 10.0. The highest BCUT2D eigenvalue weighted by Gasteiger charge is 2.13. The number of nitrogens with two attached hydrogens (primary N) is 1. The number of aliphatic hydroxyl groups is 1. The van der Waals surface area contributed by atoms with E-state index < -0.39 is 6.10 Å². The van der Waals surface area contributed by atoms with E-state index in [-0.39, 0.29) is 24.9 Å². The highest BCUT2D eigenvalue weighted by molar-refractivity contribution is 5.76. The first-order chi connectivity index (χ1) is 10.6. The van der Waals surface area contributed by atoms with Crippen molar-refractivity contribution < 1.29 is 9.90 Å². The fourth-order valence-electron chi connectivity index (χ4n) is 2.21. The van der Waals surface area contributed by atoms with Crippen LogP contribution in [0.4, 0.5) is 0 Å². The zero-order valence-electron chi connectivity index (χ0n) is 12.7. The second-order valence-corrected chi connectivity index (χ2v) is 5.45. The lowest BCUT2D eigenvalue weighted by Gasteiger charge is -2.15. The van der Waals surface area contributed by atoms with Crippen molar-refractivity contribution in [1.82, 2.24) is 5.32 Å². The number of carbonyl (C=O) groups is 1. The Morgan fingerprint density at radius 2 is 1.73 bits per heavy atom. The molecule has 0 aliphatic carbocycles. The minimum atomic E-state index is -0.711. The SMILES string of the molecule is Cc1ccc(C(O)CNC(=O)CC(N)c2ccccc2)cc1. The van der Waals surface area contributed by atoms with Gasteiger partial charge < -0.3 is 16.2 Å². The Labute approximate surface area is 131 Å². The van der Waals surface area contributed by atoms with Gasteiger partial charge in [-0.3, -0.25) is 4.79 Å². The summed E-state index contributed by atoms with van der Waals surface area (Å²) in [5.74, 6) is -0.164. The Hall–Kier alpha value is -2.17. The molecule has 0 saturated heterocycles. The Morgan fingerprint density at radius 1 is 1.09 bits per heavy atom. The minimum Gasteiger partial charge on any atom is -0.387 e. The van der Waals surface area contributed by atoms with Gasteiger partial charge in [0.1, 0.15) is 0 Å². The highest BCUT2D eigenvalue weighted by atomic mass is 16.3. The van der Waals surface area contributed by atoms with Crippen LogP contribution in [0.5, 0.6) is 0 Å². The maximum absolute atomic E-state index is 11.9. The van der Waals surface area contributed by atoms with E-state index in [1.54, 1.807) is 0 Å². The number of aliphatic hydroxyl groups excluding tert-OH is 1. The number of rotatable bonds is 6. The molecule has 2 atom stereocenters. The van der Waals surface area contributed by atoms with Crippen molar-refractivity contribution in [2.24, 2.45) is 5.73 Å². The third-order valence-electron chi connectivity index (χ3n) is 3.59. The van der Waals surface area contributed by atoms with Crippen LogP contribution in [0.1, 0.15) is 35.3 Å². The van der Waals surface area contributed by atoms with E-state index in [9.17, 15) is 9.90 Å². The second kappa shape index (κ2) is 7.73. The van der Waals surface area contributed by atoms with Gasteiger partial charge in [-0.1, -0.05) is 60.2 Å². The van der Waals surface area contributed by atoms with E-state index in [0.29, 0.717) is 0 Å².